The molecule has 1 aromatic heterocycles. The van der Waals surface area contributed by atoms with Crippen LogP contribution in [0.15, 0.2) is 34.8 Å². The van der Waals surface area contributed by atoms with Gasteiger partial charge >= 0.3 is 6.09 Å². The van der Waals surface area contributed by atoms with Crippen LogP contribution in [0.5, 0.6) is 0 Å². The van der Waals surface area contributed by atoms with Gasteiger partial charge in [0, 0.05) is 0 Å². The minimum absolute atomic E-state index is 0.0682. The number of amides is 1. The van der Waals surface area contributed by atoms with Gasteiger partial charge in [-0.25, -0.2) is 9.48 Å². The Morgan fingerprint density at radius 1 is 1.43 bits per heavy atom. The topological polar surface area (TPSA) is 76.4 Å². The molecule has 0 saturated carbocycles. The predicted molar refractivity (Wildman–Crippen MR) is 82.0 cm³/mol. The summed E-state index contributed by atoms with van der Waals surface area (Å²) in [6.07, 6.45) is -0.571. The molecule has 0 atom stereocenters. The van der Waals surface area contributed by atoms with Gasteiger partial charge in [0.25, 0.3) is 0 Å². The summed E-state index contributed by atoms with van der Waals surface area (Å²) in [7, 11) is 0. The molecule has 0 aliphatic carbocycles. The van der Waals surface area contributed by atoms with E-state index < -0.39 is 6.09 Å². The third-order valence-corrected chi connectivity index (χ3v) is 3.75. The quantitative estimate of drug-likeness (QED) is 0.866. The summed E-state index contributed by atoms with van der Waals surface area (Å²) in [5, 5.41) is 15.9. The van der Waals surface area contributed by atoms with Crippen molar-refractivity contribution in [1.82, 2.24) is 9.78 Å². The number of aromatic nitrogens is 2. The fraction of sp³-hybridized carbons (Fsp3) is 0.286. The summed E-state index contributed by atoms with van der Waals surface area (Å²) in [5.41, 5.74) is 1.63. The Morgan fingerprint density at radius 3 is 2.81 bits per heavy atom. The lowest BCUT2D eigenvalue weighted by atomic mass is 10.2. The van der Waals surface area contributed by atoms with Crippen molar-refractivity contribution in [3.05, 3.63) is 46.1 Å². The SMILES string of the molecule is Cc1nn(CCO)c(NC(=O)OCc2ccccc2)c1Br. The summed E-state index contributed by atoms with van der Waals surface area (Å²) < 4.78 is 7.35. The van der Waals surface area contributed by atoms with E-state index in [1.165, 1.54) is 4.68 Å². The Balaban J connectivity index is 1.99. The molecular formula is C14H16BrN3O3. The Kier molecular flexibility index (Phi) is 5.35. The number of aliphatic hydroxyl groups is 1. The molecule has 2 aromatic rings. The fourth-order valence-corrected chi connectivity index (χ4v) is 2.17. The molecule has 1 heterocycles. The second-order valence-electron chi connectivity index (χ2n) is 4.38. The van der Waals surface area contributed by atoms with E-state index in [4.69, 9.17) is 9.84 Å². The maximum atomic E-state index is 11.8. The summed E-state index contributed by atoms with van der Waals surface area (Å²) in [5.74, 6) is 0.472. The van der Waals surface area contributed by atoms with Crippen molar-refractivity contribution in [1.29, 1.82) is 0 Å². The minimum Gasteiger partial charge on any atom is -0.444 e. The number of hydrogen-bond acceptors (Lipinski definition) is 4. The van der Waals surface area contributed by atoms with Crippen LogP contribution in [0.1, 0.15) is 11.3 Å². The molecule has 0 aliphatic rings. The number of carbonyl (C=O) groups excluding carboxylic acids is 1. The van der Waals surface area contributed by atoms with Gasteiger partial charge in [-0.05, 0) is 28.4 Å². The van der Waals surface area contributed by atoms with E-state index in [1.54, 1.807) is 6.92 Å². The number of nitrogens with zero attached hydrogens (tertiary/aromatic N) is 2. The van der Waals surface area contributed by atoms with Crippen LogP contribution in [-0.2, 0) is 17.9 Å². The molecule has 112 valence electrons. The molecule has 1 amide bonds. The van der Waals surface area contributed by atoms with Gasteiger partial charge in [0.2, 0.25) is 0 Å². The zero-order valence-corrected chi connectivity index (χ0v) is 13.1. The van der Waals surface area contributed by atoms with Crippen molar-refractivity contribution < 1.29 is 14.6 Å². The molecule has 2 rings (SSSR count). The molecule has 2 N–H and O–H groups in total. The number of nitrogens with one attached hydrogen (secondary N) is 1. The molecule has 0 saturated heterocycles. The van der Waals surface area contributed by atoms with E-state index in [-0.39, 0.29) is 13.2 Å². The van der Waals surface area contributed by atoms with Gasteiger partial charge in [0.15, 0.2) is 0 Å². The van der Waals surface area contributed by atoms with Crippen molar-refractivity contribution in [3.63, 3.8) is 0 Å². The minimum atomic E-state index is -0.571. The Hall–Kier alpha value is -1.86. The number of benzene rings is 1. The maximum Gasteiger partial charge on any atom is 0.413 e. The van der Waals surface area contributed by atoms with Gasteiger partial charge < -0.3 is 9.84 Å². The fourth-order valence-electron chi connectivity index (χ4n) is 1.79. The van der Waals surface area contributed by atoms with Crippen LogP contribution in [0.4, 0.5) is 10.6 Å². The Labute approximate surface area is 130 Å². The zero-order chi connectivity index (χ0) is 15.2. The molecule has 1 aromatic carbocycles. The van der Waals surface area contributed by atoms with E-state index in [1.807, 2.05) is 30.3 Å². The van der Waals surface area contributed by atoms with Gasteiger partial charge in [0.1, 0.15) is 12.4 Å². The van der Waals surface area contributed by atoms with Crippen molar-refractivity contribution in [2.75, 3.05) is 11.9 Å². The Morgan fingerprint density at radius 2 is 2.14 bits per heavy atom. The number of halogens is 1. The van der Waals surface area contributed by atoms with E-state index in [2.05, 4.69) is 26.3 Å². The second kappa shape index (κ2) is 7.24. The first-order chi connectivity index (χ1) is 10.1. The van der Waals surface area contributed by atoms with Crippen LogP contribution in [0.3, 0.4) is 0 Å². The van der Waals surface area contributed by atoms with Crippen LogP contribution >= 0.6 is 15.9 Å². The molecular weight excluding hydrogens is 338 g/mol. The average molecular weight is 354 g/mol. The van der Waals surface area contributed by atoms with E-state index >= 15 is 0 Å². The van der Waals surface area contributed by atoms with Gasteiger partial charge in [-0.1, -0.05) is 30.3 Å². The number of hydrogen-bond donors (Lipinski definition) is 2. The number of aryl methyl sites for hydroxylation is 1. The van der Waals surface area contributed by atoms with Gasteiger partial charge in [-0.3, -0.25) is 5.32 Å². The number of ether oxygens (including phenoxy) is 1. The molecule has 0 unspecified atom stereocenters. The largest absolute Gasteiger partial charge is 0.444 e. The smallest absolute Gasteiger partial charge is 0.413 e. The molecule has 21 heavy (non-hydrogen) atoms. The molecule has 0 bridgehead atoms. The number of rotatable bonds is 5. The molecule has 0 spiro atoms. The third-order valence-electron chi connectivity index (χ3n) is 2.80. The maximum absolute atomic E-state index is 11.8. The first kappa shape index (κ1) is 15.5. The lowest BCUT2D eigenvalue weighted by Crippen LogP contribution is -2.18. The first-order valence-corrected chi connectivity index (χ1v) is 7.22. The highest BCUT2D eigenvalue weighted by Gasteiger charge is 2.16. The lowest BCUT2D eigenvalue weighted by Gasteiger charge is -2.09. The van der Waals surface area contributed by atoms with Crippen molar-refractivity contribution in [2.45, 2.75) is 20.1 Å². The van der Waals surface area contributed by atoms with Gasteiger partial charge in [-0.15, -0.1) is 0 Å². The van der Waals surface area contributed by atoms with Crippen molar-refractivity contribution in [3.8, 4) is 0 Å². The van der Waals surface area contributed by atoms with Crippen LogP contribution in [0.2, 0.25) is 0 Å². The summed E-state index contributed by atoms with van der Waals surface area (Å²) in [6, 6.07) is 9.42. The van der Waals surface area contributed by atoms with Gasteiger partial charge in [0.05, 0.1) is 23.3 Å². The van der Waals surface area contributed by atoms with E-state index in [0.29, 0.717) is 16.8 Å². The highest BCUT2D eigenvalue weighted by Crippen LogP contribution is 2.26. The Bertz CT molecular complexity index is 613. The second-order valence-corrected chi connectivity index (χ2v) is 5.17. The number of aliphatic hydroxyl groups excluding tert-OH is 1. The lowest BCUT2D eigenvalue weighted by molar-refractivity contribution is 0.154. The third kappa shape index (κ3) is 4.05. The highest BCUT2D eigenvalue weighted by atomic mass is 79.9. The molecule has 0 radical (unpaired) electrons. The monoisotopic (exact) mass is 353 g/mol. The molecule has 6 nitrogen and oxygen atoms in total. The normalized spacial score (nSPS) is 10.4. The number of anilines is 1. The standard InChI is InChI=1S/C14H16BrN3O3/c1-10-12(15)13(18(17-10)7-8-19)16-14(20)21-9-11-5-3-2-4-6-11/h2-6,19H,7-9H2,1H3,(H,16,20). The average Bonchev–Trinajstić information content (AvgIpc) is 2.74. The number of carbonyl (C=O) groups is 1. The van der Waals surface area contributed by atoms with Crippen molar-refractivity contribution in [2.24, 2.45) is 0 Å². The van der Waals surface area contributed by atoms with Gasteiger partial charge in [-0.2, -0.15) is 5.10 Å². The first-order valence-electron chi connectivity index (χ1n) is 6.43. The molecule has 0 aliphatic heterocycles. The van der Waals surface area contributed by atoms with E-state index in [0.717, 1.165) is 11.3 Å². The van der Waals surface area contributed by atoms with Crippen LogP contribution < -0.4 is 5.32 Å². The predicted octanol–water partition coefficient (Wildman–Crippen LogP) is 2.70. The highest BCUT2D eigenvalue weighted by molar-refractivity contribution is 9.10. The summed E-state index contributed by atoms with van der Waals surface area (Å²) >= 11 is 3.36. The van der Waals surface area contributed by atoms with Crippen molar-refractivity contribution >= 4 is 27.8 Å². The van der Waals surface area contributed by atoms with Crippen LogP contribution in [-0.4, -0.2) is 27.6 Å². The zero-order valence-electron chi connectivity index (χ0n) is 11.5. The molecule has 0 fully saturated rings. The summed E-state index contributed by atoms with van der Waals surface area (Å²) in [6.45, 7) is 2.22. The van der Waals surface area contributed by atoms with E-state index in [9.17, 15) is 4.79 Å². The van der Waals surface area contributed by atoms with Crippen LogP contribution in [0.25, 0.3) is 0 Å². The molecule has 7 heteroatoms. The summed E-state index contributed by atoms with van der Waals surface area (Å²) in [4.78, 5) is 11.8. The van der Waals surface area contributed by atoms with Crippen LogP contribution in [0, 0.1) is 6.92 Å².